The van der Waals surface area contributed by atoms with Crippen LogP contribution in [0.25, 0.3) is 10.2 Å². The number of hydrogen-bond acceptors (Lipinski definition) is 7. The number of nitrogens with one attached hydrogen (secondary N) is 1. The molecule has 2 aromatic heterocycles. The van der Waals surface area contributed by atoms with Crippen LogP contribution in [0.4, 0.5) is 0 Å². The van der Waals surface area contributed by atoms with Crippen molar-refractivity contribution in [3.63, 3.8) is 0 Å². The molecule has 0 saturated heterocycles. The minimum atomic E-state index is -0.172. The quantitative estimate of drug-likeness (QED) is 0.301. The Morgan fingerprint density at radius 2 is 2.03 bits per heavy atom. The second-order valence-electron chi connectivity index (χ2n) is 7.27. The number of benzene rings is 2. The highest BCUT2D eigenvalue weighted by atomic mass is 35.5. The Kier molecular flexibility index (Phi) is 6.26. The van der Waals surface area contributed by atoms with Crippen molar-refractivity contribution in [2.24, 2.45) is 0 Å². The summed E-state index contributed by atoms with van der Waals surface area (Å²) >= 11 is 8.74. The molecule has 3 heterocycles. The highest BCUT2D eigenvalue weighted by Gasteiger charge is 2.17. The minimum Gasteiger partial charge on any atom is -0.454 e. The normalized spacial score (nSPS) is 12.3. The first-order valence-electron chi connectivity index (χ1n) is 10.1. The average Bonchev–Trinajstić information content (AvgIpc) is 3.48. The van der Waals surface area contributed by atoms with Crippen LogP contribution < -0.4 is 20.3 Å². The fourth-order valence-corrected chi connectivity index (χ4v) is 5.22. The van der Waals surface area contributed by atoms with Crippen LogP contribution in [0.1, 0.15) is 11.1 Å². The van der Waals surface area contributed by atoms with E-state index in [-0.39, 0.29) is 24.0 Å². The maximum absolute atomic E-state index is 13.2. The summed E-state index contributed by atoms with van der Waals surface area (Å²) in [6.07, 6.45) is 0. The van der Waals surface area contributed by atoms with Crippen LogP contribution in [0.15, 0.2) is 63.9 Å². The summed E-state index contributed by atoms with van der Waals surface area (Å²) in [5.74, 6) is 1.28. The summed E-state index contributed by atoms with van der Waals surface area (Å²) in [4.78, 5) is 30.3. The molecule has 0 unspecified atom stereocenters. The number of halogens is 1. The van der Waals surface area contributed by atoms with Gasteiger partial charge in [-0.05, 0) is 40.8 Å². The molecule has 0 bridgehead atoms. The molecule has 0 fully saturated rings. The molecule has 33 heavy (non-hydrogen) atoms. The van der Waals surface area contributed by atoms with Crippen LogP contribution in [0.2, 0.25) is 5.02 Å². The van der Waals surface area contributed by atoms with Crippen LogP contribution in [-0.4, -0.2) is 28.0 Å². The van der Waals surface area contributed by atoms with E-state index in [1.165, 1.54) is 23.1 Å². The van der Waals surface area contributed by atoms with Crippen molar-refractivity contribution in [1.29, 1.82) is 0 Å². The summed E-state index contributed by atoms with van der Waals surface area (Å²) in [5.41, 5.74) is 2.22. The molecule has 5 rings (SSSR count). The zero-order valence-electron chi connectivity index (χ0n) is 17.2. The monoisotopic (exact) mass is 499 g/mol. The number of nitrogens with zero attached hydrogens (tertiary/aromatic N) is 2. The van der Waals surface area contributed by atoms with Gasteiger partial charge >= 0.3 is 0 Å². The molecule has 4 aromatic rings. The number of amides is 1. The summed E-state index contributed by atoms with van der Waals surface area (Å²) < 4.78 is 13.0. The van der Waals surface area contributed by atoms with E-state index < -0.39 is 0 Å². The first-order chi connectivity index (χ1) is 16.1. The lowest BCUT2D eigenvalue weighted by atomic mass is 10.2. The molecule has 1 aliphatic rings. The summed E-state index contributed by atoms with van der Waals surface area (Å²) in [7, 11) is 0. The van der Waals surface area contributed by atoms with Gasteiger partial charge in [0.1, 0.15) is 4.70 Å². The molecule has 0 radical (unpaired) electrons. The summed E-state index contributed by atoms with van der Waals surface area (Å²) in [5, 5.41) is 5.80. The molecule has 0 spiro atoms. The number of aromatic nitrogens is 2. The van der Waals surface area contributed by atoms with Crippen molar-refractivity contribution < 1.29 is 14.3 Å². The zero-order valence-corrected chi connectivity index (χ0v) is 19.6. The Morgan fingerprint density at radius 1 is 1.18 bits per heavy atom. The molecular weight excluding hydrogens is 482 g/mol. The SMILES string of the molecule is O=C(CSc1nc2ccsc2c(=O)n1Cc1ccc2c(c1)OCO2)NCc1ccccc1Cl. The molecule has 0 aliphatic carbocycles. The van der Waals surface area contributed by atoms with Gasteiger partial charge in [-0.25, -0.2) is 4.98 Å². The second-order valence-corrected chi connectivity index (χ2v) is 9.53. The predicted molar refractivity (Wildman–Crippen MR) is 130 cm³/mol. The van der Waals surface area contributed by atoms with Crippen molar-refractivity contribution in [1.82, 2.24) is 14.9 Å². The number of carbonyl (C=O) groups excluding carboxylic acids is 1. The number of thioether (sulfide) groups is 1. The molecule has 1 aliphatic heterocycles. The fourth-order valence-electron chi connectivity index (χ4n) is 3.41. The molecule has 10 heteroatoms. The number of hydrogen-bond donors (Lipinski definition) is 1. The Bertz CT molecular complexity index is 1400. The van der Waals surface area contributed by atoms with Crippen molar-refractivity contribution in [2.45, 2.75) is 18.2 Å². The van der Waals surface area contributed by atoms with E-state index in [1.54, 1.807) is 10.6 Å². The third-order valence-electron chi connectivity index (χ3n) is 5.07. The third kappa shape index (κ3) is 4.71. The van der Waals surface area contributed by atoms with Gasteiger partial charge in [-0.2, -0.15) is 0 Å². The molecule has 7 nitrogen and oxygen atoms in total. The van der Waals surface area contributed by atoms with Gasteiger partial charge in [-0.1, -0.05) is 47.6 Å². The van der Waals surface area contributed by atoms with E-state index in [2.05, 4.69) is 10.3 Å². The van der Waals surface area contributed by atoms with E-state index in [9.17, 15) is 9.59 Å². The minimum absolute atomic E-state index is 0.119. The lowest BCUT2D eigenvalue weighted by Crippen LogP contribution is -2.26. The number of ether oxygens (including phenoxy) is 2. The van der Waals surface area contributed by atoms with Crippen LogP contribution in [0, 0.1) is 0 Å². The molecule has 0 saturated carbocycles. The molecule has 1 amide bonds. The van der Waals surface area contributed by atoms with Gasteiger partial charge in [0, 0.05) is 11.6 Å². The fraction of sp³-hybridized carbons (Fsp3) is 0.174. The molecule has 0 atom stereocenters. The first kappa shape index (κ1) is 21.8. The van der Waals surface area contributed by atoms with Crippen LogP contribution in [-0.2, 0) is 17.9 Å². The van der Waals surface area contributed by atoms with Crippen molar-refractivity contribution >= 4 is 50.8 Å². The smallest absolute Gasteiger partial charge is 0.272 e. The Labute approximate surface area is 202 Å². The van der Waals surface area contributed by atoms with Crippen molar-refractivity contribution in [3.05, 3.63) is 80.4 Å². The standard InChI is InChI=1S/C23H18ClN3O4S2/c24-16-4-2-1-3-15(16)10-25-20(28)12-33-23-26-17-7-8-32-21(17)22(29)27(23)11-14-5-6-18-19(9-14)31-13-30-18/h1-9H,10-13H2,(H,25,28). The number of thiophene rings is 1. The van der Waals surface area contributed by atoms with Gasteiger partial charge in [0.25, 0.3) is 5.56 Å². The van der Waals surface area contributed by atoms with E-state index in [0.29, 0.717) is 45.0 Å². The first-order valence-corrected chi connectivity index (χ1v) is 12.3. The van der Waals surface area contributed by atoms with Crippen LogP contribution in [0.3, 0.4) is 0 Å². The second kappa shape index (κ2) is 9.46. The van der Waals surface area contributed by atoms with Gasteiger partial charge in [0.05, 0.1) is 17.8 Å². The van der Waals surface area contributed by atoms with E-state index in [0.717, 1.165) is 11.1 Å². The maximum Gasteiger partial charge on any atom is 0.272 e. The highest BCUT2D eigenvalue weighted by Crippen LogP contribution is 2.33. The van der Waals surface area contributed by atoms with Gasteiger partial charge in [0.2, 0.25) is 12.7 Å². The average molecular weight is 500 g/mol. The number of carbonyl (C=O) groups is 1. The number of rotatable bonds is 7. The third-order valence-corrected chi connectivity index (χ3v) is 7.31. The molecule has 2 aromatic carbocycles. The summed E-state index contributed by atoms with van der Waals surface area (Å²) in [6.45, 7) is 0.825. The molecular formula is C23H18ClN3O4S2. The Morgan fingerprint density at radius 3 is 2.91 bits per heavy atom. The highest BCUT2D eigenvalue weighted by molar-refractivity contribution is 7.99. The zero-order chi connectivity index (χ0) is 22.8. The number of fused-ring (bicyclic) bond motifs is 2. The largest absolute Gasteiger partial charge is 0.454 e. The van der Waals surface area contributed by atoms with Crippen LogP contribution in [0.5, 0.6) is 11.5 Å². The topological polar surface area (TPSA) is 82.5 Å². The van der Waals surface area contributed by atoms with Gasteiger partial charge in [-0.3, -0.25) is 14.2 Å². The lowest BCUT2D eigenvalue weighted by Gasteiger charge is -2.13. The summed E-state index contributed by atoms with van der Waals surface area (Å²) in [6, 6.07) is 14.8. The van der Waals surface area contributed by atoms with Gasteiger partial charge < -0.3 is 14.8 Å². The Hall–Kier alpha value is -3.01. The Balaban J connectivity index is 1.35. The molecule has 1 N–H and O–H groups in total. The van der Waals surface area contributed by atoms with Gasteiger partial charge in [0.15, 0.2) is 16.7 Å². The van der Waals surface area contributed by atoms with E-state index >= 15 is 0 Å². The van der Waals surface area contributed by atoms with Crippen LogP contribution >= 0.6 is 34.7 Å². The van der Waals surface area contributed by atoms with E-state index in [4.69, 9.17) is 21.1 Å². The predicted octanol–water partition coefficient (Wildman–Crippen LogP) is 4.30. The van der Waals surface area contributed by atoms with E-state index in [1.807, 2.05) is 47.8 Å². The van der Waals surface area contributed by atoms with Crippen molar-refractivity contribution in [2.75, 3.05) is 12.5 Å². The maximum atomic E-state index is 13.2. The molecule has 168 valence electrons. The lowest BCUT2D eigenvalue weighted by molar-refractivity contribution is -0.118. The van der Waals surface area contributed by atoms with Gasteiger partial charge in [-0.15, -0.1) is 11.3 Å². The van der Waals surface area contributed by atoms with Crippen molar-refractivity contribution in [3.8, 4) is 11.5 Å².